The van der Waals surface area contributed by atoms with E-state index in [1.807, 2.05) is 0 Å². The molecule has 0 unspecified atom stereocenters. The van der Waals surface area contributed by atoms with Gasteiger partial charge in [-0.1, -0.05) is 19.3 Å². The topological polar surface area (TPSA) is 26.7 Å². The van der Waals surface area contributed by atoms with Gasteiger partial charge in [0.05, 0.1) is 5.60 Å². The quantitative estimate of drug-likeness (QED) is 0.747. The van der Waals surface area contributed by atoms with Crippen molar-refractivity contribution in [3.63, 3.8) is 0 Å². The summed E-state index contributed by atoms with van der Waals surface area (Å²) >= 11 is 0. The summed E-state index contributed by atoms with van der Waals surface area (Å²) in [6, 6.07) is 0. The molecule has 3 heteroatoms. The molecule has 0 amide bonds. The molecule has 0 aromatic rings. The summed E-state index contributed by atoms with van der Waals surface area (Å²) in [7, 11) is 6.34. The molecule has 0 bridgehead atoms. The monoisotopic (exact) mass is 228 g/mol. The Hall–Kier alpha value is -0.120. The first-order valence-electron chi connectivity index (χ1n) is 6.57. The normalized spacial score (nSPS) is 20.6. The lowest BCUT2D eigenvalue weighted by Gasteiger charge is -2.35. The van der Waals surface area contributed by atoms with Crippen LogP contribution in [-0.4, -0.2) is 61.3 Å². The van der Waals surface area contributed by atoms with Gasteiger partial charge in [-0.15, -0.1) is 0 Å². The number of aliphatic hydroxyl groups is 1. The lowest BCUT2D eigenvalue weighted by atomic mass is 9.84. The number of likely N-dealkylation sites (N-methyl/N-ethyl adjacent to an activating group) is 1. The molecule has 1 aliphatic rings. The van der Waals surface area contributed by atoms with Crippen molar-refractivity contribution in [3.8, 4) is 0 Å². The third-order valence-electron chi connectivity index (χ3n) is 3.49. The first-order chi connectivity index (χ1) is 7.52. The van der Waals surface area contributed by atoms with Gasteiger partial charge in [-0.3, -0.25) is 0 Å². The summed E-state index contributed by atoms with van der Waals surface area (Å²) in [6.07, 6.45) is 6.85. The maximum absolute atomic E-state index is 10.4. The van der Waals surface area contributed by atoms with Gasteiger partial charge in [0.2, 0.25) is 0 Å². The van der Waals surface area contributed by atoms with E-state index in [0.717, 1.165) is 32.5 Å². The Bertz CT molecular complexity index is 188. The zero-order valence-corrected chi connectivity index (χ0v) is 11.2. The number of nitrogens with zero attached hydrogens (tertiary/aromatic N) is 2. The van der Waals surface area contributed by atoms with Crippen molar-refractivity contribution in [2.75, 3.05) is 40.8 Å². The van der Waals surface area contributed by atoms with Gasteiger partial charge in [-0.2, -0.15) is 0 Å². The van der Waals surface area contributed by atoms with E-state index in [9.17, 15) is 5.11 Å². The minimum Gasteiger partial charge on any atom is -0.389 e. The maximum atomic E-state index is 10.4. The standard InChI is InChI=1S/C13H28N2O/c1-14(2)10-7-11-15(3)12-13(16)8-5-4-6-9-13/h16H,4-12H2,1-3H3. The summed E-state index contributed by atoms with van der Waals surface area (Å²) in [5, 5.41) is 10.4. The molecule has 16 heavy (non-hydrogen) atoms. The summed E-state index contributed by atoms with van der Waals surface area (Å²) < 4.78 is 0. The third kappa shape index (κ3) is 5.28. The molecule has 0 aliphatic heterocycles. The SMILES string of the molecule is CN(C)CCCN(C)CC1(O)CCCCC1. The second kappa shape index (κ2) is 6.58. The molecule has 1 aliphatic carbocycles. The van der Waals surface area contributed by atoms with E-state index in [4.69, 9.17) is 0 Å². The van der Waals surface area contributed by atoms with Crippen molar-refractivity contribution in [3.05, 3.63) is 0 Å². The highest BCUT2D eigenvalue weighted by Gasteiger charge is 2.29. The zero-order chi connectivity index (χ0) is 12.0. The van der Waals surface area contributed by atoms with Gasteiger partial charge in [0.25, 0.3) is 0 Å². The molecular formula is C13H28N2O. The van der Waals surface area contributed by atoms with Crippen molar-refractivity contribution in [1.29, 1.82) is 0 Å². The molecule has 1 rings (SSSR count). The fourth-order valence-electron chi connectivity index (χ4n) is 2.61. The van der Waals surface area contributed by atoms with E-state index in [1.165, 1.54) is 25.7 Å². The molecule has 0 saturated heterocycles. The van der Waals surface area contributed by atoms with Crippen LogP contribution >= 0.6 is 0 Å². The van der Waals surface area contributed by atoms with E-state index < -0.39 is 5.60 Å². The van der Waals surface area contributed by atoms with Crippen molar-refractivity contribution in [1.82, 2.24) is 9.80 Å². The van der Waals surface area contributed by atoms with Crippen LogP contribution in [0.4, 0.5) is 0 Å². The summed E-state index contributed by atoms with van der Waals surface area (Å²) in [5.41, 5.74) is -0.398. The number of hydrogen-bond donors (Lipinski definition) is 1. The van der Waals surface area contributed by atoms with E-state index in [0.29, 0.717) is 0 Å². The smallest absolute Gasteiger partial charge is 0.0774 e. The Morgan fingerprint density at radius 3 is 2.19 bits per heavy atom. The van der Waals surface area contributed by atoms with E-state index in [-0.39, 0.29) is 0 Å². The molecule has 0 aromatic heterocycles. The Labute approximate surface area is 100 Å². The molecule has 0 spiro atoms. The molecule has 0 atom stereocenters. The Balaban J connectivity index is 2.19. The van der Waals surface area contributed by atoms with Crippen LogP contribution in [0.2, 0.25) is 0 Å². The van der Waals surface area contributed by atoms with E-state index >= 15 is 0 Å². The van der Waals surface area contributed by atoms with Crippen LogP contribution in [0.5, 0.6) is 0 Å². The van der Waals surface area contributed by atoms with Crippen molar-refractivity contribution < 1.29 is 5.11 Å². The van der Waals surface area contributed by atoms with Gasteiger partial charge in [0.1, 0.15) is 0 Å². The van der Waals surface area contributed by atoms with Crippen LogP contribution in [0.3, 0.4) is 0 Å². The Morgan fingerprint density at radius 2 is 1.62 bits per heavy atom. The van der Waals surface area contributed by atoms with Crippen LogP contribution < -0.4 is 0 Å². The summed E-state index contributed by atoms with van der Waals surface area (Å²) in [6.45, 7) is 3.06. The minimum absolute atomic E-state index is 0.398. The molecule has 0 aromatic carbocycles. The Morgan fingerprint density at radius 1 is 1.00 bits per heavy atom. The lowest BCUT2D eigenvalue weighted by Crippen LogP contribution is -2.43. The van der Waals surface area contributed by atoms with Gasteiger partial charge in [0, 0.05) is 6.54 Å². The van der Waals surface area contributed by atoms with Gasteiger partial charge in [-0.25, -0.2) is 0 Å². The van der Waals surface area contributed by atoms with Gasteiger partial charge in [-0.05, 0) is 53.5 Å². The highest BCUT2D eigenvalue weighted by Crippen LogP contribution is 2.28. The van der Waals surface area contributed by atoms with Crippen LogP contribution in [0, 0.1) is 0 Å². The van der Waals surface area contributed by atoms with Crippen molar-refractivity contribution >= 4 is 0 Å². The molecule has 0 heterocycles. The highest BCUT2D eigenvalue weighted by atomic mass is 16.3. The van der Waals surface area contributed by atoms with E-state index in [2.05, 4.69) is 30.9 Å². The fraction of sp³-hybridized carbons (Fsp3) is 1.00. The number of hydrogen-bond acceptors (Lipinski definition) is 3. The molecule has 1 fully saturated rings. The fourth-order valence-corrected chi connectivity index (χ4v) is 2.61. The highest BCUT2D eigenvalue weighted by molar-refractivity contribution is 4.84. The molecule has 1 N–H and O–H groups in total. The zero-order valence-electron chi connectivity index (χ0n) is 11.2. The van der Waals surface area contributed by atoms with Gasteiger partial charge >= 0.3 is 0 Å². The maximum Gasteiger partial charge on any atom is 0.0774 e. The van der Waals surface area contributed by atoms with Crippen molar-refractivity contribution in [2.45, 2.75) is 44.1 Å². The van der Waals surface area contributed by atoms with Crippen molar-refractivity contribution in [2.24, 2.45) is 0 Å². The molecule has 96 valence electrons. The predicted octanol–water partition coefficient (Wildman–Crippen LogP) is 1.57. The van der Waals surface area contributed by atoms with Gasteiger partial charge < -0.3 is 14.9 Å². The molecule has 0 radical (unpaired) electrons. The average molecular weight is 228 g/mol. The first kappa shape index (κ1) is 13.9. The van der Waals surface area contributed by atoms with Crippen LogP contribution in [0.1, 0.15) is 38.5 Å². The summed E-state index contributed by atoms with van der Waals surface area (Å²) in [5.74, 6) is 0. The minimum atomic E-state index is -0.398. The largest absolute Gasteiger partial charge is 0.389 e. The first-order valence-corrected chi connectivity index (χ1v) is 6.57. The number of rotatable bonds is 6. The van der Waals surface area contributed by atoms with Crippen LogP contribution in [0.15, 0.2) is 0 Å². The molecule has 3 nitrogen and oxygen atoms in total. The average Bonchev–Trinajstić information content (AvgIpc) is 2.17. The van der Waals surface area contributed by atoms with Crippen LogP contribution in [0.25, 0.3) is 0 Å². The van der Waals surface area contributed by atoms with Gasteiger partial charge in [0.15, 0.2) is 0 Å². The second-order valence-corrected chi connectivity index (χ2v) is 5.68. The van der Waals surface area contributed by atoms with E-state index in [1.54, 1.807) is 0 Å². The Kier molecular flexibility index (Phi) is 5.73. The summed E-state index contributed by atoms with van der Waals surface area (Å²) in [4.78, 5) is 4.50. The second-order valence-electron chi connectivity index (χ2n) is 5.68. The molecule has 1 saturated carbocycles. The predicted molar refractivity (Wildman–Crippen MR) is 68.7 cm³/mol. The molecular weight excluding hydrogens is 200 g/mol. The lowest BCUT2D eigenvalue weighted by molar-refractivity contribution is -0.0211. The van der Waals surface area contributed by atoms with Crippen LogP contribution in [-0.2, 0) is 0 Å². The third-order valence-corrected chi connectivity index (χ3v) is 3.49.